The number of hydrogen-bond acceptors (Lipinski definition) is 4. The van der Waals surface area contributed by atoms with E-state index in [0.717, 1.165) is 29.5 Å². The van der Waals surface area contributed by atoms with Crippen molar-refractivity contribution in [3.05, 3.63) is 83.0 Å². The summed E-state index contributed by atoms with van der Waals surface area (Å²) in [6.07, 6.45) is 6.20. The van der Waals surface area contributed by atoms with E-state index in [4.69, 9.17) is 0 Å². The Morgan fingerprint density at radius 3 is 2.38 bits per heavy atom. The van der Waals surface area contributed by atoms with Gasteiger partial charge in [-0.15, -0.1) is 0 Å². The van der Waals surface area contributed by atoms with Crippen LogP contribution < -0.4 is 5.32 Å². The fraction of sp³-hybridized carbons (Fsp3) is 0.333. The number of benzene rings is 2. The molecule has 0 fully saturated rings. The number of nitrogens with zero attached hydrogens (tertiary/aromatic N) is 2. The number of carboxylic acid groups (broad SMARTS) is 1. The smallest absolute Gasteiger partial charge is 0.326 e. The highest BCUT2D eigenvalue weighted by molar-refractivity contribution is 6.04. The Morgan fingerprint density at radius 1 is 1.03 bits per heavy atom. The number of hydrogen-bond donors (Lipinski definition) is 2. The van der Waals surface area contributed by atoms with E-state index in [1.165, 1.54) is 23.3 Å². The summed E-state index contributed by atoms with van der Waals surface area (Å²) in [6, 6.07) is 15.9. The molecule has 37 heavy (non-hydrogen) atoms. The molecule has 3 aromatic rings. The Bertz CT molecular complexity index is 1280. The van der Waals surface area contributed by atoms with Gasteiger partial charge in [-0.2, -0.15) is 0 Å². The minimum absolute atomic E-state index is 0.203. The molecule has 1 aliphatic heterocycles. The number of nitrogens with one attached hydrogen (secondary N) is 1. The number of fused-ring (bicyclic) bond motifs is 1. The van der Waals surface area contributed by atoms with Crippen molar-refractivity contribution >= 4 is 23.6 Å². The molecule has 2 amide bonds. The number of carbonyl (C=O) groups is 3. The van der Waals surface area contributed by atoms with Crippen molar-refractivity contribution in [3.63, 3.8) is 0 Å². The molecule has 0 saturated carbocycles. The van der Waals surface area contributed by atoms with E-state index in [-0.39, 0.29) is 24.3 Å². The molecule has 7 heteroatoms. The average molecular weight is 500 g/mol. The van der Waals surface area contributed by atoms with E-state index in [9.17, 15) is 19.5 Å². The third-order valence-electron chi connectivity index (χ3n) is 6.79. The summed E-state index contributed by atoms with van der Waals surface area (Å²) in [5, 5.41) is 12.4. The van der Waals surface area contributed by atoms with Gasteiger partial charge in [-0.25, -0.2) is 9.78 Å². The molecule has 0 radical (unpaired) electrons. The zero-order valence-corrected chi connectivity index (χ0v) is 21.5. The Balaban J connectivity index is 1.43. The van der Waals surface area contributed by atoms with Gasteiger partial charge in [0.05, 0.1) is 0 Å². The molecule has 4 rings (SSSR count). The Hall–Kier alpha value is -4.00. The molecule has 2 aromatic carbocycles. The lowest BCUT2D eigenvalue weighted by molar-refractivity contribution is -0.144. The van der Waals surface area contributed by atoms with E-state index in [0.29, 0.717) is 16.9 Å². The number of carbonyl (C=O) groups excluding carboxylic acids is 2. The highest BCUT2D eigenvalue weighted by Gasteiger charge is 2.38. The van der Waals surface area contributed by atoms with Crippen LogP contribution in [0.1, 0.15) is 71.9 Å². The third kappa shape index (κ3) is 5.88. The maximum atomic E-state index is 13.0. The van der Waals surface area contributed by atoms with Crippen molar-refractivity contribution in [3.8, 4) is 11.1 Å². The van der Waals surface area contributed by atoms with Crippen LogP contribution in [0.5, 0.6) is 0 Å². The molecule has 1 atom stereocenters. The van der Waals surface area contributed by atoms with Crippen LogP contribution in [0.4, 0.5) is 5.82 Å². The minimum atomic E-state index is -0.999. The summed E-state index contributed by atoms with van der Waals surface area (Å²) in [7, 11) is 0. The summed E-state index contributed by atoms with van der Waals surface area (Å²) in [5.74, 6) is -1.26. The van der Waals surface area contributed by atoms with Gasteiger partial charge in [0.15, 0.2) is 0 Å². The van der Waals surface area contributed by atoms with Gasteiger partial charge in [-0.1, -0.05) is 57.9 Å². The van der Waals surface area contributed by atoms with E-state index in [1.807, 2.05) is 42.5 Å². The molecule has 1 aliphatic rings. The zero-order chi connectivity index (χ0) is 26.5. The van der Waals surface area contributed by atoms with E-state index in [2.05, 4.69) is 17.2 Å². The second-order valence-electron chi connectivity index (χ2n) is 9.87. The van der Waals surface area contributed by atoms with Gasteiger partial charge in [0.25, 0.3) is 11.8 Å². The highest BCUT2D eigenvalue weighted by atomic mass is 16.4. The van der Waals surface area contributed by atoms with Crippen molar-refractivity contribution in [2.24, 2.45) is 5.92 Å². The molecule has 0 bridgehead atoms. The van der Waals surface area contributed by atoms with Crippen LogP contribution in [-0.4, -0.2) is 38.8 Å². The summed E-state index contributed by atoms with van der Waals surface area (Å²) in [5.41, 5.74) is 4.73. The molecule has 192 valence electrons. The van der Waals surface area contributed by atoms with E-state index < -0.39 is 12.0 Å². The van der Waals surface area contributed by atoms with Gasteiger partial charge < -0.3 is 15.3 Å². The van der Waals surface area contributed by atoms with Gasteiger partial charge in [-0.3, -0.25) is 9.59 Å². The minimum Gasteiger partial charge on any atom is -0.480 e. The van der Waals surface area contributed by atoms with Crippen LogP contribution in [0.25, 0.3) is 11.1 Å². The van der Waals surface area contributed by atoms with Crippen molar-refractivity contribution in [1.29, 1.82) is 0 Å². The number of aromatic nitrogens is 1. The number of rotatable bonds is 10. The average Bonchev–Trinajstić information content (AvgIpc) is 3.19. The fourth-order valence-corrected chi connectivity index (χ4v) is 4.74. The molecule has 1 aromatic heterocycles. The maximum absolute atomic E-state index is 13.0. The number of unbranched alkanes of at least 4 members (excludes halogenated alkanes) is 2. The lowest BCUT2D eigenvalue weighted by Gasteiger charge is -2.27. The first-order valence-corrected chi connectivity index (χ1v) is 12.8. The van der Waals surface area contributed by atoms with Crippen LogP contribution in [-0.2, 0) is 17.8 Å². The van der Waals surface area contributed by atoms with Crippen LogP contribution in [0, 0.1) is 5.92 Å². The zero-order valence-electron chi connectivity index (χ0n) is 21.5. The Morgan fingerprint density at radius 2 is 1.76 bits per heavy atom. The topological polar surface area (TPSA) is 99.6 Å². The van der Waals surface area contributed by atoms with Gasteiger partial charge in [0, 0.05) is 29.4 Å². The molecule has 2 N–H and O–H groups in total. The van der Waals surface area contributed by atoms with E-state index in [1.54, 1.807) is 32.2 Å². The van der Waals surface area contributed by atoms with Gasteiger partial charge in [0.2, 0.25) is 0 Å². The van der Waals surface area contributed by atoms with Gasteiger partial charge >= 0.3 is 5.97 Å². The predicted molar refractivity (Wildman–Crippen MR) is 143 cm³/mol. The normalized spacial score (nSPS) is 13.5. The first-order valence-electron chi connectivity index (χ1n) is 12.8. The molecular weight excluding hydrogens is 466 g/mol. The summed E-state index contributed by atoms with van der Waals surface area (Å²) < 4.78 is 0. The molecule has 0 saturated heterocycles. The molecular formula is C30H33N3O4. The van der Waals surface area contributed by atoms with Crippen LogP contribution in [0.15, 0.2) is 60.8 Å². The number of aliphatic carboxylic acids is 1. The maximum Gasteiger partial charge on any atom is 0.326 e. The molecule has 2 heterocycles. The Kier molecular flexibility index (Phi) is 8.01. The van der Waals surface area contributed by atoms with Crippen molar-refractivity contribution < 1.29 is 19.5 Å². The third-order valence-corrected chi connectivity index (χ3v) is 6.79. The van der Waals surface area contributed by atoms with Crippen molar-refractivity contribution in [2.75, 3.05) is 5.32 Å². The standard InChI is InChI=1S/C30H33N3O4/c1-4-5-6-7-20-8-10-21(11-9-20)28(34)32-26-15-14-23(17-31-26)22-12-13-24-18-33(29(35)25(24)16-22)27(19(2)3)30(36)37/h8-17,19,27H,4-7,18H2,1-3H3,(H,36,37)(H,31,32,34). The second kappa shape index (κ2) is 11.4. The van der Waals surface area contributed by atoms with Crippen LogP contribution >= 0.6 is 0 Å². The van der Waals surface area contributed by atoms with Crippen molar-refractivity contribution in [1.82, 2.24) is 9.88 Å². The lowest BCUT2D eigenvalue weighted by atomic mass is 10.0. The molecule has 1 unspecified atom stereocenters. The SMILES string of the molecule is CCCCCc1ccc(C(=O)Nc2ccc(-c3ccc4c(c3)C(=O)N(C(C(=O)O)C(C)C)C4)cn2)cc1. The van der Waals surface area contributed by atoms with Gasteiger partial charge in [-0.05, 0) is 65.8 Å². The summed E-state index contributed by atoms with van der Waals surface area (Å²) in [4.78, 5) is 43.2. The number of anilines is 1. The monoisotopic (exact) mass is 499 g/mol. The largest absolute Gasteiger partial charge is 0.480 e. The van der Waals surface area contributed by atoms with Crippen molar-refractivity contribution in [2.45, 2.75) is 59.0 Å². The Labute approximate surface area is 217 Å². The van der Waals surface area contributed by atoms with E-state index >= 15 is 0 Å². The fourth-order valence-electron chi connectivity index (χ4n) is 4.74. The summed E-state index contributed by atoms with van der Waals surface area (Å²) in [6.45, 7) is 6.07. The van der Waals surface area contributed by atoms with Crippen LogP contribution in [0.3, 0.4) is 0 Å². The van der Waals surface area contributed by atoms with Gasteiger partial charge in [0.1, 0.15) is 11.9 Å². The highest BCUT2D eigenvalue weighted by Crippen LogP contribution is 2.31. The quantitative estimate of drug-likeness (QED) is 0.344. The predicted octanol–water partition coefficient (Wildman–Crippen LogP) is 5.80. The number of pyridine rings is 1. The molecule has 0 aliphatic carbocycles. The summed E-state index contributed by atoms with van der Waals surface area (Å²) >= 11 is 0. The first kappa shape index (κ1) is 26.1. The number of aryl methyl sites for hydroxylation is 1. The first-order chi connectivity index (χ1) is 17.8. The second-order valence-corrected chi connectivity index (χ2v) is 9.87. The molecule has 0 spiro atoms. The molecule has 7 nitrogen and oxygen atoms in total. The van der Waals surface area contributed by atoms with Crippen LogP contribution in [0.2, 0.25) is 0 Å². The number of carboxylic acids is 1. The number of amides is 2. The lowest BCUT2D eigenvalue weighted by Crippen LogP contribution is -2.44.